The highest BCUT2D eigenvalue weighted by atomic mass is 79.9. The van der Waals surface area contributed by atoms with Crippen LogP contribution >= 0.6 is 15.9 Å². The number of rotatable bonds is 6. The van der Waals surface area contributed by atoms with E-state index in [0.29, 0.717) is 5.75 Å². The zero-order valence-corrected chi connectivity index (χ0v) is 13.3. The van der Waals surface area contributed by atoms with Crippen molar-refractivity contribution in [1.29, 1.82) is 0 Å². The van der Waals surface area contributed by atoms with Crippen molar-refractivity contribution in [3.8, 4) is 5.75 Å². The average molecular weight is 349 g/mol. The van der Waals surface area contributed by atoms with Crippen molar-refractivity contribution < 1.29 is 9.53 Å². The minimum absolute atomic E-state index is 0.122. The molecule has 0 spiro atoms. The first-order valence-electron chi connectivity index (χ1n) is 6.58. The third-order valence-electron chi connectivity index (χ3n) is 2.97. The summed E-state index contributed by atoms with van der Waals surface area (Å²) in [6.45, 7) is 1.96. The molecule has 0 aromatic heterocycles. The Hall–Kier alpha value is -2.01. The summed E-state index contributed by atoms with van der Waals surface area (Å²) in [5.74, 6) is 0.119. The second-order valence-corrected chi connectivity index (χ2v) is 5.52. The van der Waals surface area contributed by atoms with Crippen LogP contribution in [0.4, 0.5) is 5.69 Å². The molecule has 1 unspecified atom stereocenters. The van der Waals surface area contributed by atoms with Gasteiger partial charge < -0.3 is 15.8 Å². The van der Waals surface area contributed by atoms with Crippen LogP contribution in [0.15, 0.2) is 53.0 Å². The third kappa shape index (κ3) is 4.49. The number of hydrogen-bond acceptors (Lipinski definition) is 3. The Morgan fingerprint density at radius 1 is 1.29 bits per heavy atom. The maximum Gasteiger partial charge on any atom is 0.255 e. The van der Waals surface area contributed by atoms with E-state index in [1.165, 1.54) is 5.56 Å². The van der Waals surface area contributed by atoms with Crippen molar-refractivity contribution in [2.45, 2.75) is 13.0 Å². The van der Waals surface area contributed by atoms with Gasteiger partial charge in [-0.25, -0.2) is 0 Å². The van der Waals surface area contributed by atoms with E-state index in [-0.39, 0.29) is 12.6 Å². The highest BCUT2D eigenvalue weighted by molar-refractivity contribution is 9.10. The highest BCUT2D eigenvalue weighted by Gasteiger charge is 2.09. The minimum atomic E-state index is -0.491. The van der Waals surface area contributed by atoms with Crippen molar-refractivity contribution in [3.63, 3.8) is 0 Å². The van der Waals surface area contributed by atoms with Gasteiger partial charge in [-0.15, -0.1) is 0 Å². The van der Waals surface area contributed by atoms with Gasteiger partial charge in [-0.05, 0) is 30.7 Å². The van der Waals surface area contributed by atoms with Gasteiger partial charge in [0.25, 0.3) is 5.91 Å². The molecule has 0 aliphatic carbocycles. The molecule has 3 N–H and O–H groups in total. The molecular formula is C16H17BrN2O2. The molecule has 0 aliphatic heterocycles. The summed E-state index contributed by atoms with van der Waals surface area (Å²) in [6.07, 6.45) is 0. The van der Waals surface area contributed by atoms with E-state index in [4.69, 9.17) is 10.5 Å². The van der Waals surface area contributed by atoms with Gasteiger partial charge in [0.05, 0.1) is 0 Å². The van der Waals surface area contributed by atoms with E-state index in [9.17, 15) is 4.79 Å². The Bertz CT molecular complexity index is 631. The fraction of sp³-hybridized carbons (Fsp3) is 0.188. The Balaban J connectivity index is 2.07. The standard InChI is InChI=1S/C16H17BrN2O2/c1-11(14-7-2-3-8-15(14)17)19-12-5-4-6-13(9-12)21-10-16(18)20/h2-9,11,19H,10H2,1H3,(H2,18,20). The first-order valence-corrected chi connectivity index (χ1v) is 7.37. The smallest absolute Gasteiger partial charge is 0.255 e. The van der Waals surface area contributed by atoms with Crippen molar-refractivity contribution in [1.82, 2.24) is 0 Å². The molecule has 0 bridgehead atoms. The summed E-state index contributed by atoms with van der Waals surface area (Å²) in [6, 6.07) is 15.6. The van der Waals surface area contributed by atoms with Gasteiger partial charge in [0, 0.05) is 22.3 Å². The molecule has 2 rings (SSSR count). The van der Waals surface area contributed by atoms with Crippen LogP contribution in [0.3, 0.4) is 0 Å². The van der Waals surface area contributed by atoms with E-state index in [1.807, 2.05) is 36.4 Å². The van der Waals surface area contributed by atoms with Gasteiger partial charge in [-0.3, -0.25) is 4.79 Å². The van der Waals surface area contributed by atoms with Crippen LogP contribution in [0.25, 0.3) is 0 Å². The summed E-state index contributed by atoms with van der Waals surface area (Å²) < 4.78 is 6.36. The van der Waals surface area contributed by atoms with Crippen molar-refractivity contribution in [3.05, 3.63) is 58.6 Å². The fourth-order valence-corrected chi connectivity index (χ4v) is 2.61. The van der Waals surface area contributed by atoms with E-state index >= 15 is 0 Å². The monoisotopic (exact) mass is 348 g/mol. The summed E-state index contributed by atoms with van der Waals surface area (Å²) in [4.78, 5) is 10.7. The zero-order chi connectivity index (χ0) is 15.2. The summed E-state index contributed by atoms with van der Waals surface area (Å²) >= 11 is 3.55. The number of amides is 1. The topological polar surface area (TPSA) is 64.3 Å². The number of hydrogen-bond donors (Lipinski definition) is 2. The first-order chi connectivity index (χ1) is 10.1. The van der Waals surface area contributed by atoms with Gasteiger partial charge in [-0.1, -0.05) is 40.2 Å². The summed E-state index contributed by atoms with van der Waals surface area (Å²) in [5.41, 5.74) is 7.15. The zero-order valence-electron chi connectivity index (χ0n) is 11.7. The van der Waals surface area contributed by atoms with Gasteiger partial charge in [0.2, 0.25) is 0 Å². The maximum atomic E-state index is 10.7. The van der Waals surface area contributed by atoms with E-state index in [2.05, 4.69) is 34.2 Å². The maximum absolute atomic E-state index is 10.7. The van der Waals surface area contributed by atoms with Crippen molar-refractivity contribution in [2.24, 2.45) is 5.73 Å². The lowest BCUT2D eigenvalue weighted by Crippen LogP contribution is -2.20. The van der Waals surface area contributed by atoms with Crippen LogP contribution in [0.2, 0.25) is 0 Å². The van der Waals surface area contributed by atoms with Gasteiger partial charge in [0.15, 0.2) is 6.61 Å². The van der Waals surface area contributed by atoms with E-state index in [0.717, 1.165) is 10.2 Å². The molecule has 21 heavy (non-hydrogen) atoms. The molecule has 0 saturated heterocycles. The van der Waals surface area contributed by atoms with Crippen LogP contribution < -0.4 is 15.8 Å². The van der Waals surface area contributed by atoms with Crippen LogP contribution in [0, 0.1) is 0 Å². The lowest BCUT2D eigenvalue weighted by molar-refractivity contribution is -0.119. The lowest BCUT2D eigenvalue weighted by Gasteiger charge is -2.17. The molecular weight excluding hydrogens is 332 g/mol. The summed E-state index contributed by atoms with van der Waals surface area (Å²) in [5, 5.41) is 3.40. The quantitative estimate of drug-likeness (QED) is 0.839. The number of carbonyl (C=O) groups excluding carboxylic acids is 1. The van der Waals surface area contributed by atoms with Gasteiger partial charge in [-0.2, -0.15) is 0 Å². The SMILES string of the molecule is CC(Nc1cccc(OCC(N)=O)c1)c1ccccc1Br. The number of halogens is 1. The number of carbonyl (C=O) groups is 1. The summed E-state index contributed by atoms with van der Waals surface area (Å²) in [7, 11) is 0. The molecule has 1 amide bonds. The van der Waals surface area contributed by atoms with Crippen molar-refractivity contribution >= 4 is 27.5 Å². The molecule has 0 radical (unpaired) electrons. The molecule has 110 valence electrons. The molecule has 2 aromatic carbocycles. The lowest BCUT2D eigenvalue weighted by atomic mass is 10.1. The molecule has 2 aromatic rings. The van der Waals surface area contributed by atoms with Crippen LogP contribution in [0.5, 0.6) is 5.75 Å². The largest absolute Gasteiger partial charge is 0.484 e. The number of anilines is 1. The number of benzene rings is 2. The van der Waals surface area contributed by atoms with E-state index in [1.54, 1.807) is 6.07 Å². The second-order valence-electron chi connectivity index (χ2n) is 4.67. The Morgan fingerprint density at radius 3 is 2.76 bits per heavy atom. The molecule has 0 fully saturated rings. The third-order valence-corrected chi connectivity index (χ3v) is 3.69. The van der Waals surface area contributed by atoms with Gasteiger partial charge >= 0.3 is 0 Å². The average Bonchev–Trinajstić information content (AvgIpc) is 2.46. The fourth-order valence-electron chi connectivity index (χ4n) is 1.98. The van der Waals surface area contributed by atoms with Crippen LogP contribution in [-0.4, -0.2) is 12.5 Å². The van der Waals surface area contributed by atoms with Gasteiger partial charge in [0.1, 0.15) is 5.75 Å². The molecule has 0 saturated carbocycles. The Labute approximate surface area is 132 Å². The predicted molar refractivity (Wildman–Crippen MR) is 87.3 cm³/mol. The minimum Gasteiger partial charge on any atom is -0.484 e. The van der Waals surface area contributed by atoms with Crippen LogP contribution in [-0.2, 0) is 4.79 Å². The predicted octanol–water partition coefficient (Wildman–Crippen LogP) is 3.49. The number of nitrogens with one attached hydrogen (secondary N) is 1. The molecule has 4 nitrogen and oxygen atoms in total. The number of nitrogens with two attached hydrogens (primary N) is 1. The molecule has 0 aliphatic rings. The molecule has 5 heteroatoms. The van der Waals surface area contributed by atoms with Crippen LogP contribution in [0.1, 0.15) is 18.5 Å². The number of primary amides is 1. The number of ether oxygens (including phenoxy) is 1. The second kappa shape index (κ2) is 7.13. The van der Waals surface area contributed by atoms with Crippen molar-refractivity contribution in [2.75, 3.05) is 11.9 Å². The molecule has 1 atom stereocenters. The normalized spacial score (nSPS) is 11.7. The molecule has 0 heterocycles. The Morgan fingerprint density at radius 2 is 2.05 bits per heavy atom. The van der Waals surface area contributed by atoms with E-state index < -0.39 is 5.91 Å². The first kappa shape index (κ1) is 15.4. The Kier molecular flexibility index (Phi) is 5.22. The highest BCUT2D eigenvalue weighted by Crippen LogP contribution is 2.27.